The molecule has 2 heterocycles. The van der Waals surface area contributed by atoms with Gasteiger partial charge in [-0.15, -0.1) is 0 Å². The molecule has 0 bridgehead atoms. The van der Waals surface area contributed by atoms with Gasteiger partial charge in [-0.1, -0.05) is 30.3 Å². The summed E-state index contributed by atoms with van der Waals surface area (Å²) in [5, 5.41) is 9.61. The molecule has 0 saturated carbocycles. The fraction of sp³-hybridized carbons (Fsp3) is 0.222. The van der Waals surface area contributed by atoms with Crippen LogP contribution in [0.25, 0.3) is 0 Å². The van der Waals surface area contributed by atoms with E-state index < -0.39 is 6.04 Å². The predicted octanol–water partition coefficient (Wildman–Crippen LogP) is 3.01. The number of amides is 1. The third-order valence-electron chi connectivity index (χ3n) is 4.58. The molecule has 2 unspecified atom stereocenters. The van der Waals surface area contributed by atoms with E-state index in [1.165, 1.54) is 0 Å². The molecule has 108 valence electrons. The van der Waals surface area contributed by atoms with Gasteiger partial charge in [0.1, 0.15) is 11.8 Å². The van der Waals surface area contributed by atoms with Gasteiger partial charge >= 0.3 is 0 Å². The number of methoxy groups -OCH3 is 1. The van der Waals surface area contributed by atoms with Gasteiger partial charge in [-0.3, -0.25) is 4.79 Å². The first-order chi connectivity index (χ1) is 10.7. The van der Waals surface area contributed by atoms with Gasteiger partial charge in [-0.25, -0.2) is 0 Å². The maximum Gasteiger partial charge on any atom is 0.256 e. The lowest BCUT2D eigenvalue weighted by Gasteiger charge is -2.35. The molecule has 0 saturated heterocycles. The molecule has 2 aliphatic rings. The van der Waals surface area contributed by atoms with Crippen LogP contribution in [0.2, 0.25) is 0 Å². The Morgan fingerprint density at radius 3 is 2.82 bits per heavy atom. The van der Waals surface area contributed by atoms with Crippen molar-refractivity contribution in [2.24, 2.45) is 0 Å². The van der Waals surface area contributed by atoms with Crippen LogP contribution in [0.4, 0.5) is 0 Å². The Morgan fingerprint density at radius 1 is 1.23 bits per heavy atom. The van der Waals surface area contributed by atoms with Crippen LogP contribution in [0.5, 0.6) is 5.75 Å². The molecule has 0 N–H and O–H groups in total. The molecule has 0 spiro atoms. The largest absolute Gasteiger partial charge is 0.497 e. The summed E-state index contributed by atoms with van der Waals surface area (Å²) in [5.41, 5.74) is 3.72. The highest BCUT2D eigenvalue weighted by Gasteiger charge is 2.45. The van der Waals surface area contributed by atoms with Crippen LogP contribution >= 0.6 is 0 Å². The number of fused-ring (bicyclic) bond motifs is 4. The Hall–Kier alpha value is -2.80. The van der Waals surface area contributed by atoms with Crippen molar-refractivity contribution >= 4 is 5.91 Å². The van der Waals surface area contributed by atoms with Crippen molar-refractivity contribution in [2.45, 2.75) is 18.5 Å². The molecule has 4 nitrogen and oxygen atoms in total. The second-order valence-electron chi connectivity index (χ2n) is 5.62. The summed E-state index contributed by atoms with van der Waals surface area (Å²) in [6, 6.07) is 15.2. The smallest absolute Gasteiger partial charge is 0.256 e. The predicted molar refractivity (Wildman–Crippen MR) is 80.4 cm³/mol. The first-order valence-electron chi connectivity index (χ1n) is 7.22. The van der Waals surface area contributed by atoms with Gasteiger partial charge < -0.3 is 9.64 Å². The molecule has 2 aliphatic heterocycles. The summed E-state index contributed by atoms with van der Waals surface area (Å²) in [5.74, 6) is 0.581. The topological polar surface area (TPSA) is 53.3 Å². The summed E-state index contributed by atoms with van der Waals surface area (Å²) in [7, 11) is 1.59. The van der Waals surface area contributed by atoms with Crippen LogP contribution in [-0.4, -0.2) is 17.9 Å². The van der Waals surface area contributed by atoms with E-state index in [-0.39, 0.29) is 11.9 Å². The van der Waals surface area contributed by atoms with Gasteiger partial charge in [0.15, 0.2) is 0 Å². The number of carbonyl (C=O) groups excluding carboxylic acids is 1. The Morgan fingerprint density at radius 2 is 2.05 bits per heavy atom. The molecule has 0 radical (unpaired) electrons. The lowest BCUT2D eigenvalue weighted by molar-refractivity contribution is 0.0655. The summed E-state index contributed by atoms with van der Waals surface area (Å²) >= 11 is 0. The minimum Gasteiger partial charge on any atom is -0.497 e. The maximum absolute atomic E-state index is 12.8. The zero-order valence-corrected chi connectivity index (χ0v) is 12.1. The lowest BCUT2D eigenvalue weighted by Crippen LogP contribution is -2.36. The van der Waals surface area contributed by atoms with Crippen LogP contribution in [0.1, 0.15) is 39.1 Å². The van der Waals surface area contributed by atoms with E-state index in [1.54, 1.807) is 18.1 Å². The van der Waals surface area contributed by atoms with E-state index in [0.717, 1.165) is 23.1 Å². The quantitative estimate of drug-likeness (QED) is 0.811. The van der Waals surface area contributed by atoms with E-state index in [2.05, 4.69) is 6.07 Å². The Bertz CT molecular complexity index is 822. The second-order valence-corrected chi connectivity index (χ2v) is 5.62. The van der Waals surface area contributed by atoms with Gasteiger partial charge in [-0.2, -0.15) is 5.26 Å². The first-order valence-corrected chi connectivity index (χ1v) is 7.22. The maximum atomic E-state index is 12.8. The number of hydrogen-bond donors (Lipinski definition) is 0. The van der Waals surface area contributed by atoms with Crippen LogP contribution < -0.4 is 4.74 Å². The minimum absolute atomic E-state index is 0.0621. The summed E-state index contributed by atoms with van der Waals surface area (Å²) in [6.07, 6.45) is 0.749. The highest BCUT2D eigenvalue weighted by Crippen LogP contribution is 2.46. The van der Waals surface area contributed by atoms with Crippen LogP contribution in [0.3, 0.4) is 0 Å². The van der Waals surface area contributed by atoms with Gasteiger partial charge in [-0.05, 0) is 35.2 Å². The number of nitriles is 1. The highest BCUT2D eigenvalue weighted by atomic mass is 16.5. The molecule has 2 aromatic rings. The minimum atomic E-state index is -0.527. The fourth-order valence-electron chi connectivity index (χ4n) is 3.55. The molecular formula is C18H14N2O2. The third-order valence-corrected chi connectivity index (χ3v) is 4.58. The summed E-state index contributed by atoms with van der Waals surface area (Å²) in [4.78, 5) is 14.5. The molecule has 2 atom stereocenters. The third kappa shape index (κ3) is 1.59. The monoisotopic (exact) mass is 290 g/mol. The zero-order chi connectivity index (χ0) is 15.3. The van der Waals surface area contributed by atoms with Crippen molar-refractivity contribution in [3.05, 3.63) is 64.7 Å². The molecule has 0 aromatic heterocycles. The molecule has 4 rings (SSSR count). The van der Waals surface area contributed by atoms with Crippen molar-refractivity contribution < 1.29 is 9.53 Å². The SMILES string of the molecule is COc1ccc2c(c1)C(=O)N1C(C#N)c3ccccc3CC21. The van der Waals surface area contributed by atoms with Crippen LogP contribution in [0, 0.1) is 11.3 Å². The number of hydrogen-bond acceptors (Lipinski definition) is 3. The van der Waals surface area contributed by atoms with E-state index >= 15 is 0 Å². The van der Waals surface area contributed by atoms with Crippen LogP contribution in [0.15, 0.2) is 42.5 Å². The van der Waals surface area contributed by atoms with E-state index in [0.29, 0.717) is 11.3 Å². The zero-order valence-electron chi connectivity index (χ0n) is 12.1. The standard InChI is InChI=1S/C18H14N2O2/c1-22-12-6-7-14-15(9-12)18(21)20-16(14)8-11-4-2-3-5-13(11)17(20)10-19/h2-7,9,16-17H,8H2,1H3. The van der Waals surface area contributed by atoms with Gasteiger partial charge in [0.25, 0.3) is 5.91 Å². The van der Waals surface area contributed by atoms with E-state index in [1.807, 2.05) is 36.4 Å². The Labute approximate surface area is 128 Å². The van der Waals surface area contributed by atoms with E-state index in [4.69, 9.17) is 4.74 Å². The first kappa shape index (κ1) is 12.9. The number of rotatable bonds is 1. The second kappa shape index (κ2) is 4.60. The van der Waals surface area contributed by atoms with Crippen molar-refractivity contribution in [3.8, 4) is 11.8 Å². The fourth-order valence-corrected chi connectivity index (χ4v) is 3.55. The normalized spacial score (nSPS) is 21.6. The van der Waals surface area contributed by atoms with Gasteiger partial charge in [0.05, 0.1) is 19.2 Å². The molecule has 0 aliphatic carbocycles. The molecule has 1 amide bonds. The number of nitrogens with zero attached hydrogens (tertiary/aromatic N) is 2. The molecule has 2 aromatic carbocycles. The highest BCUT2D eigenvalue weighted by molar-refractivity contribution is 6.00. The molecular weight excluding hydrogens is 276 g/mol. The molecule has 0 fully saturated rings. The van der Waals surface area contributed by atoms with Crippen molar-refractivity contribution in [1.29, 1.82) is 5.26 Å². The average molecular weight is 290 g/mol. The van der Waals surface area contributed by atoms with Crippen molar-refractivity contribution in [3.63, 3.8) is 0 Å². The van der Waals surface area contributed by atoms with Gasteiger partial charge in [0.2, 0.25) is 0 Å². The average Bonchev–Trinajstić information content (AvgIpc) is 2.85. The summed E-state index contributed by atoms with van der Waals surface area (Å²) < 4.78 is 5.22. The number of benzene rings is 2. The van der Waals surface area contributed by atoms with Crippen LogP contribution in [-0.2, 0) is 6.42 Å². The van der Waals surface area contributed by atoms with Gasteiger partial charge in [0, 0.05) is 5.56 Å². The molecule has 4 heteroatoms. The number of carbonyl (C=O) groups is 1. The lowest BCUT2D eigenvalue weighted by atomic mass is 9.88. The van der Waals surface area contributed by atoms with E-state index in [9.17, 15) is 10.1 Å². The van der Waals surface area contributed by atoms with Crippen molar-refractivity contribution in [2.75, 3.05) is 7.11 Å². The van der Waals surface area contributed by atoms with Crippen molar-refractivity contribution in [1.82, 2.24) is 4.90 Å². The Kier molecular flexibility index (Phi) is 2.70. The number of ether oxygens (including phenoxy) is 1. The molecule has 22 heavy (non-hydrogen) atoms. The Balaban J connectivity index is 1.88. The summed E-state index contributed by atoms with van der Waals surface area (Å²) in [6.45, 7) is 0.